The Morgan fingerprint density at radius 3 is 2.68 bits per heavy atom. The zero-order chi connectivity index (χ0) is 15.4. The van der Waals surface area contributed by atoms with Gasteiger partial charge in [-0.25, -0.2) is 0 Å². The van der Waals surface area contributed by atoms with Crippen LogP contribution in [0.3, 0.4) is 0 Å². The number of aliphatic hydroxyl groups is 1. The molecule has 3 rings (SSSR count). The third kappa shape index (κ3) is 3.99. The molecule has 0 bridgehead atoms. The van der Waals surface area contributed by atoms with Crippen LogP contribution in [0.5, 0.6) is 5.75 Å². The summed E-state index contributed by atoms with van der Waals surface area (Å²) in [6, 6.07) is 7.33. The maximum Gasteiger partial charge on any atom is 0.227 e. The topological polar surface area (TPSA) is 67.8 Å². The lowest BCUT2D eigenvalue weighted by atomic mass is 9.97. The van der Waals surface area contributed by atoms with E-state index in [0.29, 0.717) is 6.61 Å². The van der Waals surface area contributed by atoms with Gasteiger partial charge in [-0.3, -0.25) is 4.79 Å². The van der Waals surface area contributed by atoms with E-state index in [-0.39, 0.29) is 18.4 Å². The fourth-order valence-corrected chi connectivity index (χ4v) is 3.13. The van der Waals surface area contributed by atoms with Crippen molar-refractivity contribution in [2.24, 2.45) is 0 Å². The van der Waals surface area contributed by atoms with Gasteiger partial charge in [0.25, 0.3) is 0 Å². The van der Waals surface area contributed by atoms with E-state index in [0.717, 1.165) is 50.1 Å². The van der Waals surface area contributed by atoms with Gasteiger partial charge >= 0.3 is 0 Å². The van der Waals surface area contributed by atoms with Gasteiger partial charge in [0.15, 0.2) is 0 Å². The number of rotatable bonds is 5. The van der Waals surface area contributed by atoms with Crippen LogP contribution < -0.4 is 10.1 Å². The fourth-order valence-electron chi connectivity index (χ4n) is 3.13. The van der Waals surface area contributed by atoms with E-state index in [2.05, 4.69) is 5.32 Å². The van der Waals surface area contributed by atoms with Gasteiger partial charge in [0.1, 0.15) is 11.9 Å². The first-order chi connectivity index (χ1) is 10.6. The second-order valence-electron chi connectivity index (χ2n) is 6.28. The number of carbonyl (C=O) groups is 1. The van der Waals surface area contributed by atoms with Gasteiger partial charge in [0, 0.05) is 12.1 Å². The minimum Gasteiger partial charge on any atom is -0.488 e. The minimum absolute atomic E-state index is 0.122. The van der Waals surface area contributed by atoms with Crippen molar-refractivity contribution >= 4 is 11.6 Å². The number of nitrogens with one attached hydrogen (secondary N) is 1. The molecule has 1 amide bonds. The minimum atomic E-state index is -0.810. The molecule has 1 unspecified atom stereocenters. The van der Waals surface area contributed by atoms with Crippen LogP contribution in [0.4, 0.5) is 5.69 Å². The van der Waals surface area contributed by atoms with Crippen LogP contribution in [0.1, 0.15) is 38.5 Å². The molecule has 22 heavy (non-hydrogen) atoms. The lowest BCUT2D eigenvalue weighted by Gasteiger charge is -2.21. The van der Waals surface area contributed by atoms with E-state index in [9.17, 15) is 9.90 Å². The van der Waals surface area contributed by atoms with Crippen LogP contribution in [-0.4, -0.2) is 35.9 Å². The number of amides is 1. The fraction of sp³-hybridized carbons (Fsp3) is 0.588. The Kier molecular flexibility index (Phi) is 4.64. The van der Waals surface area contributed by atoms with E-state index < -0.39 is 5.60 Å². The van der Waals surface area contributed by atoms with Crippen molar-refractivity contribution in [3.8, 4) is 5.75 Å². The zero-order valence-electron chi connectivity index (χ0n) is 12.7. The number of hydrogen-bond acceptors (Lipinski definition) is 4. The molecule has 0 radical (unpaired) electrons. The molecule has 2 fully saturated rings. The van der Waals surface area contributed by atoms with Gasteiger partial charge in [-0.1, -0.05) is 12.8 Å². The summed E-state index contributed by atoms with van der Waals surface area (Å²) in [6.07, 6.45) is 4.65. The average Bonchev–Trinajstić information content (AvgIpc) is 3.13. The highest BCUT2D eigenvalue weighted by Gasteiger charge is 2.33. The lowest BCUT2D eigenvalue weighted by Crippen LogP contribution is -2.30. The number of carbonyl (C=O) groups excluding carboxylic acids is 1. The summed E-state index contributed by atoms with van der Waals surface area (Å²) in [5.74, 6) is 0.644. The monoisotopic (exact) mass is 305 g/mol. The molecule has 2 aliphatic rings. The third-order valence-electron chi connectivity index (χ3n) is 4.35. The Balaban J connectivity index is 1.50. The van der Waals surface area contributed by atoms with Gasteiger partial charge in [-0.15, -0.1) is 0 Å². The highest BCUT2D eigenvalue weighted by Crippen LogP contribution is 2.32. The number of benzene rings is 1. The van der Waals surface area contributed by atoms with Crippen LogP contribution in [0.25, 0.3) is 0 Å². The number of anilines is 1. The van der Waals surface area contributed by atoms with Crippen molar-refractivity contribution in [2.75, 3.05) is 18.5 Å². The van der Waals surface area contributed by atoms with Gasteiger partial charge in [0.05, 0.1) is 25.2 Å². The van der Waals surface area contributed by atoms with Crippen LogP contribution >= 0.6 is 0 Å². The second kappa shape index (κ2) is 6.67. The molecule has 1 saturated heterocycles. The first kappa shape index (κ1) is 15.3. The summed E-state index contributed by atoms with van der Waals surface area (Å²) in [4.78, 5) is 12.0. The van der Waals surface area contributed by atoms with E-state index in [1.807, 2.05) is 24.3 Å². The third-order valence-corrected chi connectivity index (χ3v) is 4.35. The summed E-state index contributed by atoms with van der Waals surface area (Å²) in [5.41, 5.74) is -0.0862. The first-order valence-electron chi connectivity index (χ1n) is 8.00. The van der Waals surface area contributed by atoms with E-state index in [1.165, 1.54) is 0 Å². The molecule has 1 heterocycles. The predicted molar refractivity (Wildman–Crippen MR) is 83.0 cm³/mol. The normalized spacial score (nSPS) is 23.4. The molecule has 1 saturated carbocycles. The van der Waals surface area contributed by atoms with Crippen LogP contribution in [0, 0.1) is 0 Å². The van der Waals surface area contributed by atoms with Crippen molar-refractivity contribution in [1.29, 1.82) is 0 Å². The molecule has 1 aliphatic carbocycles. The molecular weight excluding hydrogens is 282 g/mol. The average molecular weight is 305 g/mol. The molecule has 1 aromatic carbocycles. The SMILES string of the molecule is O=C(CC1(O)CCCC1)Nc1ccc(OC2CCOC2)cc1. The Morgan fingerprint density at radius 1 is 1.32 bits per heavy atom. The molecule has 0 spiro atoms. The van der Waals surface area contributed by atoms with Crippen molar-refractivity contribution in [1.82, 2.24) is 0 Å². The summed E-state index contributed by atoms with van der Waals surface area (Å²) < 4.78 is 11.1. The van der Waals surface area contributed by atoms with Gasteiger partial charge in [-0.2, -0.15) is 0 Å². The lowest BCUT2D eigenvalue weighted by molar-refractivity contribution is -0.120. The summed E-state index contributed by atoms with van der Waals surface area (Å²) in [5, 5.41) is 13.1. The Bertz CT molecular complexity index is 502. The number of ether oxygens (including phenoxy) is 2. The Morgan fingerprint density at radius 2 is 2.05 bits per heavy atom. The van der Waals surface area contributed by atoms with Crippen LogP contribution in [0.2, 0.25) is 0 Å². The molecule has 1 aromatic rings. The van der Waals surface area contributed by atoms with Crippen LogP contribution in [-0.2, 0) is 9.53 Å². The Labute approximate surface area is 130 Å². The van der Waals surface area contributed by atoms with Crippen molar-refractivity contribution in [2.45, 2.75) is 50.2 Å². The smallest absolute Gasteiger partial charge is 0.227 e. The molecule has 1 atom stereocenters. The number of hydrogen-bond donors (Lipinski definition) is 2. The molecule has 2 N–H and O–H groups in total. The molecule has 5 heteroatoms. The van der Waals surface area contributed by atoms with Gasteiger partial charge in [0.2, 0.25) is 5.91 Å². The highest BCUT2D eigenvalue weighted by molar-refractivity contribution is 5.91. The van der Waals surface area contributed by atoms with Crippen LogP contribution in [0.15, 0.2) is 24.3 Å². The highest BCUT2D eigenvalue weighted by atomic mass is 16.5. The zero-order valence-corrected chi connectivity index (χ0v) is 12.7. The Hall–Kier alpha value is -1.59. The van der Waals surface area contributed by atoms with E-state index in [4.69, 9.17) is 9.47 Å². The van der Waals surface area contributed by atoms with Crippen molar-refractivity contribution in [3.05, 3.63) is 24.3 Å². The maximum absolute atomic E-state index is 12.0. The summed E-state index contributed by atoms with van der Waals surface area (Å²) in [7, 11) is 0. The van der Waals surface area contributed by atoms with E-state index >= 15 is 0 Å². The second-order valence-corrected chi connectivity index (χ2v) is 6.28. The molecule has 120 valence electrons. The maximum atomic E-state index is 12.0. The molecule has 1 aliphatic heterocycles. The summed E-state index contributed by atoms with van der Waals surface area (Å²) >= 11 is 0. The molecule has 0 aromatic heterocycles. The molecule has 5 nitrogen and oxygen atoms in total. The first-order valence-corrected chi connectivity index (χ1v) is 8.00. The van der Waals surface area contributed by atoms with Crippen molar-refractivity contribution in [3.63, 3.8) is 0 Å². The quantitative estimate of drug-likeness (QED) is 0.877. The van der Waals surface area contributed by atoms with E-state index in [1.54, 1.807) is 0 Å². The van der Waals surface area contributed by atoms with Crippen molar-refractivity contribution < 1.29 is 19.4 Å². The van der Waals surface area contributed by atoms with Gasteiger partial charge < -0.3 is 19.9 Å². The van der Waals surface area contributed by atoms with Gasteiger partial charge in [-0.05, 0) is 37.1 Å². The standard InChI is InChI=1S/C17H23NO4/c19-16(11-17(20)8-1-2-9-17)18-13-3-5-14(6-4-13)22-15-7-10-21-12-15/h3-6,15,20H,1-2,7-12H2,(H,18,19). The molecular formula is C17H23NO4. The largest absolute Gasteiger partial charge is 0.488 e. The summed E-state index contributed by atoms with van der Waals surface area (Å²) in [6.45, 7) is 1.39. The predicted octanol–water partition coefficient (Wildman–Crippen LogP) is 2.49.